The first-order valence-electron chi connectivity index (χ1n) is 8.21. The van der Waals surface area contributed by atoms with Crippen LogP contribution >= 0.6 is 11.6 Å². The van der Waals surface area contributed by atoms with Crippen molar-refractivity contribution in [3.63, 3.8) is 0 Å². The van der Waals surface area contributed by atoms with E-state index in [0.717, 1.165) is 17.7 Å². The van der Waals surface area contributed by atoms with Crippen LogP contribution in [0.25, 0.3) is 0 Å². The second kappa shape index (κ2) is 6.74. The summed E-state index contributed by atoms with van der Waals surface area (Å²) in [4.78, 5) is 3.98. The Morgan fingerprint density at radius 1 is 1.15 bits per heavy atom. The predicted molar refractivity (Wildman–Crippen MR) is 101 cm³/mol. The summed E-state index contributed by atoms with van der Waals surface area (Å²) >= 11 is 5.79. The molecule has 26 heavy (non-hydrogen) atoms. The summed E-state index contributed by atoms with van der Waals surface area (Å²) in [6.45, 7) is 0.349. The van der Waals surface area contributed by atoms with Crippen molar-refractivity contribution < 1.29 is 8.42 Å². The molecule has 1 aliphatic rings. The summed E-state index contributed by atoms with van der Waals surface area (Å²) in [6.07, 6.45) is 5.82. The fourth-order valence-electron chi connectivity index (χ4n) is 3.25. The highest BCUT2D eigenvalue weighted by Gasteiger charge is 2.33. The Kier molecular flexibility index (Phi) is 4.42. The number of aromatic nitrogens is 3. The SMILES string of the molecule is O=S(=O)(Cc1ccc(Cl)nc1)N1CC(n2cccn2)Cc2ccccc21. The predicted octanol–water partition coefficient (Wildman–Crippen LogP) is 3.07. The Balaban J connectivity index is 1.69. The van der Waals surface area contributed by atoms with Gasteiger partial charge in [-0.2, -0.15) is 5.10 Å². The summed E-state index contributed by atoms with van der Waals surface area (Å²) in [5.74, 6) is -0.128. The fraction of sp³-hybridized carbons (Fsp3) is 0.222. The maximum Gasteiger partial charge on any atom is 0.239 e. The fourth-order valence-corrected chi connectivity index (χ4v) is 4.99. The highest BCUT2D eigenvalue weighted by molar-refractivity contribution is 7.92. The minimum atomic E-state index is -3.58. The number of fused-ring (bicyclic) bond motifs is 1. The minimum absolute atomic E-state index is 0.0435. The van der Waals surface area contributed by atoms with Crippen molar-refractivity contribution in [3.05, 3.63) is 77.3 Å². The number of nitrogens with zero attached hydrogens (tertiary/aromatic N) is 4. The molecule has 0 amide bonds. The summed E-state index contributed by atoms with van der Waals surface area (Å²) in [6, 6.07) is 12.7. The smallest absolute Gasteiger partial charge is 0.239 e. The average molecular weight is 389 g/mol. The Bertz CT molecular complexity index is 1000. The van der Waals surface area contributed by atoms with Crippen molar-refractivity contribution >= 4 is 27.3 Å². The highest BCUT2D eigenvalue weighted by atomic mass is 35.5. The third-order valence-corrected chi connectivity index (χ3v) is 6.40. The molecular formula is C18H17ClN4O2S. The van der Waals surface area contributed by atoms with Gasteiger partial charge in [0.05, 0.1) is 24.0 Å². The van der Waals surface area contributed by atoms with Crippen LogP contribution in [0.2, 0.25) is 5.15 Å². The van der Waals surface area contributed by atoms with Crippen molar-refractivity contribution in [2.45, 2.75) is 18.2 Å². The van der Waals surface area contributed by atoms with E-state index in [0.29, 0.717) is 17.3 Å². The quantitative estimate of drug-likeness (QED) is 0.644. The summed E-state index contributed by atoms with van der Waals surface area (Å²) < 4.78 is 29.6. The van der Waals surface area contributed by atoms with Crippen LogP contribution < -0.4 is 4.31 Å². The Labute approximate surface area is 157 Å². The van der Waals surface area contributed by atoms with Gasteiger partial charge in [0.15, 0.2) is 0 Å². The van der Waals surface area contributed by atoms with Crippen LogP contribution in [0.15, 0.2) is 61.1 Å². The van der Waals surface area contributed by atoms with Crippen LogP contribution in [0.4, 0.5) is 5.69 Å². The van der Waals surface area contributed by atoms with Gasteiger partial charge < -0.3 is 0 Å². The molecule has 3 aromatic rings. The molecule has 2 aromatic heterocycles. The van der Waals surface area contributed by atoms with Gasteiger partial charge in [0, 0.05) is 18.6 Å². The first-order chi connectivity index (χ1) is 12.5. The number of para-hydroxylation sites is 1. The molecule has 0 spiro atoms. The topological polar surface area (TPSA) is 68.1 Å². The lowest BCUT2D eigenvalue weighted by Crippen LogP contribution is -2.41. The molecule has 3 heterocycles. The van der Waals surface area contributed by atoms with Crippen molar-refractivity contribution in [1.29, 1.82) is 0 Å². The van der Waals surface area contributed by atoms with E-state index in [9.17, 15) is 8.42 Å². The summed E-state index contributed by atoms with van der Waals surface area (Å²) in [7, 11) is -3.58. The maximum absolute atomic E-state index is 13.2. The molecule has 0 saturated heterocycles. The van der Waals surface area contributed by atoms with Crippen LogP contribution in [0.5, 0.6) is 0 Å². The molecule has 8 heteroatoms. The molecule has 0 bridgehead atoms. The molecule has 1 aliphatic heterocycles. The second-order valence-electron chi connectivity index (χ2n) is 6.25. The summed E-state index contributed by atoms with van der Waals surface area (Å²) in [5.41, 5.74) is 2.34. The number of pyridine rings is 1. The van der Waals surface area contributed by atoms with E-state index in [1.165, 1.54) is 10.5 Å². The van der Waals surface area contributed by atoms with E-state index in [1.807, 2.05) is 41.2 Å². The first-order valence-corrected chi connectivity index (χ1v) is 10.2. The molecule has 1 aromatic carbocycles. The molecule has 1 unspecified atom stereocenters. The Morgan fingerprint density at radius 3 is 2.73 bits per heavy atom. The maximum atomic E-state index is 13.2. The number of rotatable bonds is 4. The highest BCUT2D eigenvalue weighted by Crippen LogP contribution is 2.34. The molecule has 0 saturated carbocycles. The zero-order chi connectivity index (χ0) is 18.1. The molecule has 1 atom stereocenters. The van der Waals surface area contributed by atoms with Gasteiger partial charge >= 0.3 is 0 Å². The van der Waals surface area contributed by atoms with Crippen LogP contribution in [0.1, 0.15) is 17.2 Å². The van der Waals surface area contributed by atoms with E-state index in [4.69, 9.17) is 11.6 Å². The number of sulfonamides is 1. The van der Waals surface area contributed by atoms with Crippen LogP contribution in [-0.4, -0.2) is 29.7 Å². The Hall–Kier alpha value is -2.38. The number of hydrogen-bond donors (Lipinski definition) is 0. The standard InChI is InChI=1S/C18H17ClN4O2S/c19-18-7-6-14(11-20-18)13-26(24,25)23-12-16(22-9-3-8-21-22)10-15-4-1-2-5-17(15)23/h1-9,11,16H,10,12-13H2. The van der Waals surface area contributed by atoms with Gasteiger partial charge in [0.2, 0.25) is 10.0 Å². The first kappa shape index (κ1) is 17.1. The van der Waals surface area contributed by atoms with Crippen LogP contribution in [-0.2, 0) is 22.2 Å². The second-order valence-corrected chi connectivity index (χ2v) is 8.53. The van der Waals surface area contributed by atoms with Gasteiger partial charge in [-0.1, -0.05) is 35.9 Å². The van der Waals surface area contributed by atoms with Gasteiger partial charge in [0.25, 0.3) is 0 Å². The lowest BCUT2D eigenvalue weighted by Gasteiger charge is -2.35. The van der Waals surface area contributed by atoms with Gasteiger partial charge in [-0.25, -0.2) is 13.4 Å². The van der Waals surface area contributed by atoms with E-state index < -0.39 is 10.0 Å². The molecule has 4 rings (SSSR count). The molecule has 0 fully saturated rings. The van der Waals surface area contributed by atoms with E-state index in [-0.39, 0.29) is 11.8 Å². The van der Waals surface area contributed by atoms with E-state index in [2.05, 4.69) is 10.1 Å². The number of halogens is 1. The van der Waals surface area contributed by atoms with Gasteiger partial charge in [-0.3, -0.25) is 8.99 Å². The Morgan fingerprint density at radius 2 is 2.00 bits per heavy atom. The molecule has 134 valence electrons. The number of hydrogen-bond acceptors (Lipinski definition) is 4. The van der Waals surface area contributed by atoms with Gasteiger partial charge in [-0.05, 0) is 35.7 Å². The minimum Gasteiger partial charge on any atom is -0.268 e. The van der Waals surface area contributed by atoms with Crippen molar-refractivity contribution in [3.8, 4) is 0 Å². The third-order valence-electron chi connectivity index (χ3n) is 4.46. The zero-order valence-electron chi connectivity index (χ0n) is 13.9. The lowest BCUT2D eigenvalue weighted by molar-refractivity contribution is 0.446. The molecule has 0 N–H and O–H groups in total. The van der Waals surface area contributed by atoms with Crippen LogP contribution in [0, 0.1) is 0 Å². The lowest BCUT2D eigenvalue weighted by atomic mass is 10.00. The average Bonchev–Trinajstić information content (AvgIpc) is 3.17. The zero-order valence-corrected chi connectivity index (χ0v) is 15.4. The summed E-state index contributed by atoms with van der Waals surface area (Å²) in [5, 5.41) is 4.63. The van der Waals surface area contributed by atoms with E-state index in [1.54, 1.807) is 18.3 Å². The van der Waals surface area contributed by atoms with Gasteiger partial charge in [-0.15, -0.1) is 0 Å². The monoisotopic (exact) mass is 388 g/mol. The molecule has 0 aliphatic carbocycles. The number of benzene rings is 1. The largest absolute Gasteiger partial charge is 0.268 e. The van der Waals surface area contributed by atoms with Gasteiger partial charge in [0.1, 0.15) is 5.15 Å². The normalized spacial score (nSPS) is 17.1. The molecule has 0 radical (unpaired) electrons. The molecular weight excluding hydrogens is 372 g/mol. The van der Waals surface area contributed by atoms with Crippen molar-refractivity contribution in [1.82, 2.24) is 14.8 Å². The van der Waals surface area contributed by atoms with E-state index >= 15 is 0 Å². The van der Waals surface area contributed by atoms with Crippen LogP contribution in [0.3, 0.4) is 0 Å². The van der Waals surface area contributed by atoms with Crippen molar-refractivity contribution in [2.24, 2.45) is 0 Å². The third kappa shape index (κ3) is 3.32. The van der Waals surface area contributed by atoms with Crippen molar-refractivity contribution in [2.75, 3.05) is 10.8 Å². The number of anilines is 1. The molecule has 6 nitrogen and oxygen atoms in total.